The van der Waals surface area contributed by atoms with Crippen LogP contribution in [0.4, 0.5) is 13.2 Å². The van der Waals surface area contributed by atoms with Crippen molar-refractivity contribution in [2.45, 2.75) is 6.18 Å². The average Bonchev–Trinajstić information content (AvgIpc) is 2.93. The van der Waals surface area contributed by atoms with Gasteiger partial charge in [-0.2, -0.15) is 13.2 Å². The van der Waals surface area contributed by atoms with Crippen molar-refractivity contribution in [3.8, 4) is 5.69 Å². The number of alkyl halides is 3. The summed E-state index contributed by atoms with van der Waals surface area (Å²) in [6, 6.07) is 11.3. The topological polar surface area (TPSA) is 54.8 Å². The molecule has 9 heteroatoms. The zero-order valence-electron chi connectivity index (χ0n) is 12.4. The van der Waals surface area contributed by atoms with Crippen molar-refractivity contribution in [3.63, 3.8) is 0 Å². The Bertz CT molecular complexity index is 1160. The SMILES string of the molecule is O=c1c2c(Cl)nc3ccccc3[n+]2[nH]n1-c1ccc(C(F)(F)F)cc1. The molecule has 0 aliphatic heterocycles. The first-order valence-corrected chi connectivity index (χ1v) is 7.53. The van der Waals surface area contributed by atoms with E-state index in [9.17, 15) is 18.0 Å². The number of halogens is 4. The number of hydrogen-bond acceptors (Lipinski definition) is 2. The summed E-state index contributed by atoms with van der Waals surface area (Å²) < 4.78 is 40.7. The molecule has 0 spiro atoms. The van der Waals surface area contributed by atoms with Crippen LogP contribution in [0.1, 0.15) is 5.56 Å². The minimum absolute atomic E-state index is 0.00520. The summed E-state index contributed by atoms with van der Waals surface area (Å²) >= 11 is 6.11. The summed E-state index contributed by atoms with van der Waals surface area (Å²) in [5, 5.41) is 2.84. The van der Waals surface area contributed by atoms with E-state index in [2.05, 4.69) is 10.2 Å². The quantitative estimate of drug-likeness (QED) is 0.527. The van der Waals surface area contributed by atoms with Crippen LogP contribution in [0.2, 0.25) is 5.15 Å². The summed E-state index contributed by atoms with van der Waals surface area (Å²) in [7, 11) is 0. The lowest BCUT2D eigenvalue weighted by molar-refractivity contribution is -0.555. The first-order chi connectivity index (χ1) is 11.9. The maximum absolute atomic E-state index is 12.7. The molecule has 0 radical (unpaired) electrons. The molecule has 0 unspecified atom stereocenters. The van der Waals surface area contributed by atoms with Crippen LogP contribution in [-0.4, -0.2) is 14.9 Å². The Kier molecular flexibility index (Phi) is 3.33. The van der Waals surface area contributed by atoms with E-state index in [1.54, 1.807) is 24.3 Å². The third-order valence-electron chi connectivity index (χ3n) is 3.82. The minimum Gasteiger partial charge on any atom is -0.234 e. The highest BCUT2D eigenvalue weighted by atomic mass is 35.5. The number of aromatic nitrogens is 4. The van der Waals surface area contributed by atoms with Gasteiger partial charge in [0.1, 0.15) is 5.52 Å². The molecule has 2 aromatic heterocycles. The van der Waals surface area contributed by atoms with Gasteiger partial charge in [-0.05, 0) is 36.4 Å². The van der Waals surface area contributed by atoms with Crippen molar-refractivity contribution in [2.75, 3.05) is 0 Å². The molecule has 2 aromatic carbocycles. The summed E-state index contributed by atoms with van der Waals surface area (Å²) in [5.41, 5.74) is 0.249. The Labute approximate surface area is 142 Å². The Morgan fingerprint density at radius 1 is 1.08 bits per heavy atom. The molecule has 0 atom stereocenters. The zero-order chi connectivity index (χ0) is 17.8. The van der Waals surface area contributed by atoms with E-state index >= 15 is 0 Å². The fraction of sp³-hybridized carbons (Fsp3) is 0.0625. The second-order valence-corrected chi connectivity index (χ2v) is 5.72. The van der Waals surface area contributed by atoms with Crippen molar-refractivity contribution in [1.29, 1.82) is 0 Å². The van der Waals surface area contributed by atoms with E-state index in [1.807, 2.05) is 0 Å². The zero-order valence-corrected chi connectivity index (χ0v) is 13.1. The van der Waals surface area contributed by atoms with Gasteiger partial charge in [-0.1, -0.05) is 33.6 Å². The van der Waals surface area contributed by atoms with Gasteiger partial charge >= 0.3 is 11.7 Å². The van der Waals surface area contributed by atoms with Gasteiger partial charge in [0.2, 0.25) is 0 Å². The van der Waals surface area contributed by atoms with Crippen LogP contribution in [0.5, 0.6) is 0 Å². The van der Waals surface area contributed by atoms with Crippen molar-refractivity contribution >= 4 is 28.2 Å². The van der Waals surface area contributed by atoms with E-state index < -0.39 is 17.3 Å². The van der Waals surface area contributed by atoms with Crippen LogP contribution in [0, 0.1) is 0 Å². The normalized spacial score (nSPS) is 12.2. The number of nitrogens with zero attached hydrogens (tertiary/aromatic N) is 3. The maximum Gasteiger partial charge on any atom is 0.416 e. The van der Waals surface area contributed by atoms with Gasteiger partial charge < -0.3 is 0 Å². The highest BCUT2D eigenvalue weighted by molar-refractivity contribution is 6.32. The number of nitrogens with one attached hydrogen (secondary N) is 1. The van der Waals surface area contributed by atoms with Gasteiger partial charge in [0, 0.05) is 0 Å². The van der Waals surface area contributed by atoms with Crippen LogP contribution < -0.4 is 10.1 Å². The molecule has 0 saturated carbocycles. The molecule has 0 saturated heterocycles. The minimum atomic E-state index is -4.44. The molecule has 4 rings (SSSR count). The van der Waals surface area contributed by atoms with Crippen LogP contribution in [-0.2, 0) is 6.18 Å². The molecule has 0 aliphatic carbocycles. The van der Waals surface area contributed by atoms with Crippen molar-refractivity contribution < 1.29 is 17.7 Å². The summed E-state index contributed by atoms with van der Waals surface area (Å²) in [5.74, 6) is 0. The van der Waals surface area contributed by atoms with Crippen molar-refractivity contribution in [3.05, 3.63) is 69.6 Å². The Hall–Kier alpha value is -2.87. The van der Waals surface area contributed by atoms with Crippen molar-refractivity contribution in [1.82, 2.24) is 14.9 Å². The summed E-state index contributed by atoms with van der Waals surface area (Å²) in [6.07, 6.45) is -4.44. The number of hydrogen-bond donors (Lipinski definition) is 1. The lowest BCUT2D eigenvalue weighted by Gasteiger charge is -2.05. The molecule has 0 bridgehead atoms. The van der Waals surface area contributed by atoms with Gasteiger partial charge in [-0.3, -0.25) is 0 Å². The second-order valence-electron chi connectivity index (χ2n) is 5.36. The van der Waals surface area contributed by atoms with Gasteiger partial charge in [-0.15, -0.1) is 4.52 Å². The second kappa shape index (κ2) is 5.32. The van der Waals surface area contributed by atoms with Gasteiger partial charge in [0.15, 0.2) is 16.4 Å². The predicted molar refractivity (Wildman–Crippen MR) is 84.9 cm³/mol. The van der Waals surface area contributed by atoms with E-state index in [-0.39, 0.29) is 16.4 Å². The van der Waals surface area contributed by atoms with Gasteiger partial charge in [0.25, 0.3) is 5.52 Å². The van der Waals surface area contributed by atoms with E-state index in [4.69, 9.17) is 11.6 Å². The Morgan fingerprint density at radius 2 is 1.76 bits per heavy atom. The van der Waals surface area contributed by atoms with Crippen molar-refractivity contribution in [2.24, 2.45) is 0 Å². The Balaban J connectivity index is 1.97. The smallest absolute Gasteiger partial charge is 0.234 e. The van der Waals surface area contributed by atoms with Crippen LogP contribution >= 0.6 is 11.6 Å². The number of fused-ring (bicyclic) bond motifs is 3. The van der Waals surface area contributed by atoms with E-state index in [0.29, 0.717) is 11.0 Å². The summed E-state index contributed by atoms with van der Waals surface area (Å²) in [6.45, 7) is 0. The molecule has 0 amide bonds. The van der Waals surface area contributed by atoms with E-state index in [1.165, 1.54) is 16.6 Å². The molecule has 2 heterocycles. The number of benzene rings is 2. The van der Waals surface area contributed by atoms with Crippen LogP contribution in [0.3, 0.4) is 0 Å². The number of H-pyrrole nitrogens is 1. The largest absolute Gasteiger partial charge is 0.416 e. The van der Waals surface area contributed by atoms with Crippen LogP contribution in [0.15, 0.2) is 53.3 Å². The van der Waals surface area contributed by atoms with Crippen LogP contribution in [0.25, 0.3) is 22.2 Å². The summed E-state index contributed by atoms with van der Waals surface area (Å²) in [4.78, 5) is 16.8. The first kappa shape index (κ1) is 15.6. The molecular weight excluding hydrogens is 357 g/mol. The molecule has 0 fully saturated rings. The highest BCUT2D eigenvalue weighted by Gasteiger charge is 2.31. The molecule has 4 aromatic rings. The lowest BCUT2D eigenvalue weighted by atomic mass is 10.2. The molecule has 1 N–H and O–H groups in total. The van der Waals surface area contributed by atoms with Gasteiger partial charge in [0.05, 0.1) is 5.56 Å². The molecule has 126 valence electrons. The third-order valence-corrected chi connectivity index (χ3v) is 4.08. The third kappa shape index (κ3) is 2.45. The monoisotopic (exact) mass is 365 g/mol. The lowest BCUT2D eigenvalue weighted by Crippen LogP contribution is -2.27. The fourth-order valence-corrected chi connectivity index (χ4v) is 2.89. The first-order valence-electron chi connectivity index (χ1n) is 7.15. The molecule has 25 heavy (non-hydrogen) atoms. The highest BCUT2D eigenvalue weighted by Crippen LogP contribution is 2.29. The number of rotatable bonds is 1. The molecule has 5 nitrogen and oxygen atoms in total. The number of aromatic amines is 1. The maximum atomic E-state index is 12.7. The predicted octanol–water partition coefficient (Wildman–Crippen LogP) is 3.12. The average molecular weight is 366 g/mol. The van der Waals surface area contributed by atoms with Gasteiger partial charge in [-0.25, -0.2) is 9.78 Å². The fourth-order valence-electron chi connectivity index (χ4n) is 2.63. The standard InChI is InChI=1S/C16H8ClF3N4O/c17-14-13-15(25)23(10-7-5-9(6-8-10)16(18,19)20)22-24(13)12-4-2-1-3-11(12)21-14/h1-8H/p+1. The molecule has 0 aliphatic rings. The Morgan fingerprint density at radius 3 is 2.44 bits per heavy atom. The molecular formula is C16H9ClF3N4O+. The van der Waals surface area contributed by atoms with E-state index in [0.717, 1.165) is 16.8 Å². The number of para-hydroxylation sites is 2.